The molecule has 2 rings (SSSR count). The Kier molecular flexibility index (Phi) is 5.41. The van der Waals surface area contributed by atoms with Gasteiger partial charge < -0.3 is 14.7 Å². The molecule has 2 atom stereocenters. The van der Waals surface area contributed by atoms with Crippen LogP contribution in [0.4, 0.5) is 4.79 Å². The minimum absolute atomic E-state index is 0.104. The highest BCUT2D eigenvalue weighted by molar-refractivity contribution is 5.68. The number of amides is 1. The molecule has 1 saturated heterocycles. The molecule has 1 N–H and O–H groups in total. The van der Waals surface area contributed by atoms with Gasteiger partial charge in [-0.15, -0.1) is 0 Å². The molecule has 4 heteroatoms. The average Bonchev–Trinajstić information content (AvgIpc) is 2.46. The summed E-state index contributed by atoms with van der Waals surface area (Å²) in [7, 11) is 0. The Hall–Kier alpha value is -1.55. The Morgan fingerprint density at radius 2 is 2.10 bits per heavy atom. The van der Waals surface area contributed by atoms with E-state index in [9.17, 15) is 4.79 Å². The van der Waals surface area contributed by atoms with E-state index < -0.39 is 0 Å². The second-order valence-electron chi connectivity index (χ2n) is 5.39. The molecule has 20 heavy (non-hydrogen) atoms. The maximum absolute atomic E-state index is 12.3. The topological polar surface area (TPSA) is 49.8 Å². The van der Waals surface area contributed by atoms with Crippen LogP contribution in [0.2, 0.25) is 0 Å². The molecule has 0 bridgehead atoms. The first-order valence-electron chi connectivity index (χ1n) is 7.32. The predicted octanol–water partition coefficient (Wildman–Crippen LogP) is 2.95. The van der Waals surface area contributed by atoms with Crippen molar-refractivity contribution in [3.05, 3.63) is 35.9 Å². The Balaban J connectivity index is 1.94. The summed E-state index contributed by atoms with van der Waals surface area (Å²) >= 11 is 0. The van der Waals surface area contributed by atoms with Crippen molar-refractivity contribution in [3.8, 4) is 0 Å². The maximum atomic E-state index is 12.3. The first kappa shape index (κ1) is 14.9. The Labute approximate surface area is 120 Å². The summed E-state index contributed by atoms with van der Waals surface area (Å²) in [6, 6.07) is 9.98. The number of hydrogen-bond acceptors (Lipinski definition) is 3. The van der Waals surface area contributed by atoms with Gasteiger partial charge in [0.1, 0.15) is 6.61 Å². The van der Waals surface area contributed by atoms with Crippen LogP contribution in [0.15, 0.2) is 30.3 Å². The normalized spacial score (nSPS) is 22.6. The zero-order valence-electron chi connectivity index (χ0n) is 12.0. The number of ether oxygens (including phenoxy) is 1. The Bertz CT molecular complexity index is 419. The summed E-state index contributed by atoms with van der Waals surface area (Å²) in [5, 5.41) is 9.13. The van der Waals surface area contributed by atoms with Gasteiger partial charge in [-0.05, 0) is 38.2 Å². The van der Waals surface area contributed by atoms with E-state index in [-0.39, 0.29) is 24.8 Å². The number of nitrogens with zero attached hydrogens (tertiary/aromatic N) is 1. The molecule has 110 valence electrons. The standard InChI is InChI=1S/C16H23NO3/c1-13-6-5-9-15(10-11-18)17(13)16(19)20-12-14-7-3-2-4-8-14/h2-4,7-8,13,15,18H,5-6,9-12H2,1H3/t13-,15-/m1/s1. The molecular weight excluding hydrogens is 254 g/mol. The Morgan fingerprint density at radius 3 is 2.80 bits per heavy atom. The third-order valence-electron chi connectivity index (χ3n) is 3.91. The maximum Gasteiger partial charge on any atom is 0.410 e. The van der Waals surface area contributed by atoms with Crippen molar-refractivity contribution >= 4 is 6.09 Å². The third kappa shape index (κ3) is 3.73. The van der Waals surface area contributed by atoms with Crippen molar-refractivity contribution in [2.45, 2.75) is 51.3 Å². The zero-order chi connectivity index (χ0) is 14.4. The lowest BCUT2D eigenvalue weighted by Crippen LogP contribution is -2.49. The van der Waals surface area contributed by atoms with Gasteiger partial charge in [0.15, 0.2) is 0 Å². The number of aliphatic hydroxyl groups excluding tert-OH is 1. The van der Waals surface area contributed by atoms with Crippen molar-refractivity contribution in [1.82, 2.24) is 4.90 Å². The van der Waals surface area contributed by atoms with Gasteiger partial charge in [0.25, 0.3) is 0 Å². The van der Waals surface area contributed by atoms with Crippen molar-refractivity contribution in [2.75, 3.05) is 6.61 Å². The van der Waals surface area contributed by atoms with Gasteiger partial charge in [-0.2, -0.15) is 0 Å². The van der Waals surface area contributed by atoms with E-state index >= 15 is 0 Å². The SMILES string of the molecule is C[C@@H]1CCC[C@H](CCO)N1C(=O)OCc1ccccc1. The highest BCUT2D eigenvalue weighted by Gasteiger charge is 2.32. The van der Waals surface area contributed by atoms with Crippen LogP contribution in [-0.2, 0) is 11.3 Å². The number of carbonyl (C=O) groups excluding carboxylic acids is 1. The minimum Gasteiger partial charge on any atom is -0.445 e. The van der Waals surface area contributed by atoms with Crippen molar-refractivity contribution in [1.29, 1.82) is 0 Å². The van der Waals surface area contributed by atoms with Crippen LogP contribution in [0.25, 0.3) is 0 Å². The molecule has 1 aliphatic heterocycles. The highest BCUT2D eigenvalue weighted by Crippen LogP contribution is 2.25. The molecule has 0 aliphatic carbocycles. The van der Waals surface area contributed by atoms with Gasteiger partial charge in [-0.25, -0.2) is 4.79 Å². The minimum atomic E-state index is -0.264. The molecule has 1 heterocycles. The first-order chi connectivity index (χ1) is 9.72. The van der Waals surface area contributed by atoms with E-state index in [2.05, 4.69) is 0 Å². The number of hydrogen-bond donors (Lipinski definition) is 1. The molecule has 1 fully saturated rings. The van der Waals surface area contributed by atoms with Gasteiger partial charge in [-0.3, -0.25) is 0 Å². The molecule has 1 aromatic rings. The summed E-state index contributed by atoms with van der Waals surface area (Å²) in [5.41, 5.74) is 0.990. The fourth-order valence-electron chi connectivity index (χ4n) is 2.84. The quantitative estimate of drug-likeness (QED) is 0.920. The second kappa shape index (κ2) is 7.29. The molecule has 4 nitrogen and oxygen atoms in total. The van der Waals surface area contributed by atoms with E-state index in [0.717, 1.165) is 24.8 Å². The van der Waals surface area contributed by atoms with Crippen molar-refractivity contribution in [2.24, 2.45) is 0 Å². The van der Waals surface area contributed by atoms with Gasteiger partial charge in [0.05, 0.1) is 0 Å². The van der Waals surface area contributed by atoms with Gasteiger partial charge in [-0.1, -0.05) is 30.3 Å². The van der Waals surface area contributed by atoms with E-state index in [4.69, 9.17) is 9.84 Å². The van der Waals surface area contributed by atoms with Crippen molar-refractivity contribution in [3.63, 3.8) is 0 Å². The molecule has 0 saturated carbocycles. The molecule has 1 aliphatic rings. The van der Waals surface area contributed by atoms with Crippen molar-refractivity contribution < 1.29 is 14.6 Å². The number of piperidine rings is 1. The smallest absolute Gasteiger partial charge is 0.410 e. The summed E-state index contributed by atoms with van der Waals surface area (Å²) < 4.78 is 5.42. The van der Waals surface area contributed by atoms with Gasteiger partial charge >= 0.3 is 6.09 Å². The van der Waals surface area contributed by atoms with E-state index in [1.54, 1.807) is 0 Å². The first-order valence-corrected chi connectivity index (χ1v) is 7.32. The van der Waals surface area contributed by atoms with Crippen LogP contribution in [-0.4, -0.2) is 34.8 Å². The summed E-state index contributed by atoms with van der Waals surface area (Å²) in [6.07, 6.45) is 3.42. The number of aliphatic hydroxyl groups is 1. The second-order valence-corrected chi connectivity index (χ2v) is 5.39. The lowest BCUT2D eigenvalue weighted by molar-refractivity contribution is 0.0391. The molecule has 0 spiro atoms. The number of carbonyl (C=O) groups is 1. The fourth-order valence-corrected chi connectivity index (χ4v) is 2.84. The van der Waals surface area contributed by atoms with E-state index in [0.29, 0.717) is 13.0 Å². The number of benzene rings is 1. The molecule has 0 aromatic heterocycles. The van der Waals surface area contributed by atoms with Crippen LogP contribution in [0.3, 0.4) is 0 Å². The Morgan fingerprint density at radius 1 is 1.35 bits per heavy atom. The number of rotatable bonds is 4. The monoisotopic (exact) mass is 277 g/mol. The van der Waals surface area contributed by atoms with E-state index in [1.807, 2.05) is 42.2 Å². The van der Waals surface area contributed by atoms with Crippen LogP contribution >= 0.6 is 0 Å². The van der Waals surface area contributed by atoms with Crippen LogP contribution in [0, 0.1) is 0 Å². The largest absolute Gasteiger partial charge is 0.445 e. The van der Waals surface area contributed by atoms with Crippen LogP contribution in [0.1, 0.15) is 38.2 Å². The van der Waals surface area contributed by atoms with Gasteiger partial charge in [0.2, 0.25) is 0 Å². The third-order valence-corrected chi connectivity index (χ3v) is 3.91. The average molecular weight is 277 g/mol. The molecule has 1 aromatic carbocycles. The lowest BCUT2D eigenvalue weighted by Gasteiger charge is -2.39. The summed E-state index contributed by atoms with van der Waals surface area (Å²) in [4.78, 5) is 14.1. The van der Waals surface area contributed by atoms with Crippen LogP contribution in [0.5, 0.6) is 0 Å². The fraction of sp³-hybridized carbons (Fsp3) is 0.562. The highest BCUT2D eigenvalue weighted by atomic mass is 16.6. The molecule has 1 amide bonds. The zero-order valence-corrected chi connectivity index (χ0v) is 12.0. The summed E-state index contributed by atoms with van der Waals surface area (Å²) in [6.45, 7) is 2.46. The lowest BCUT2D eigenvalue weighted by atomic mass is 9.95. The molecular formula is C16H23NO3. The van der Waals surface area contributed by atoms with Gasteiger partial charge in [0, 0.05) is 18.7 Å². The number of likely N-dealkylation sites (tertiary alicyclic amines) is 1. The molecule has 0 radical (unpaired) electrons. The molecule has 0 unspecified atom stereocenters. The predicted molar refractivity (Wildman–Crippen MR) is 77.3 cm³/mol. The summed E-state index contributed by atoms with van der Waals surface area (Å²) in [5.74, 6) is 0. The van der Waals surface area contributed by atoms with E-state index in [1.165, 1.54) is 0 Å². The van der Waals surface area contributed by atoms with Crippen LogP contribution < -0.4 is 0 Å².